The van der Waals surface area contributed by atoms with Gasteiger partial charge in [0.25, 0.3) is 0 Å². The molecule has 1 aromatic rings. The van der Waals surface area contributed by atoms with Crippen LogP contribution in [-0.4, -0.2) is 55.0 Å². The van der Waals surface area contributed by atoms with Gasteiger partial charge < -0.3 is 33.4 Å². The molecule has 96 valence electrons. The van der Waals surface area contributed by atoms with Crippen LogP contribution in [0.25, 0.3) is 0 Å². The van der Waals surface area contributed by atoms with Gasteiger partial charge in [0.2, 0.25) is 0 Å². The van der Waals surface area contributed by atoms with Gasteiger partial charge in [0.05, 0.1) is 33.7 Å². The van der Waals surface area contributed by atoms with Gasteiger partial charge in [-0.2, -0.15) is 0 Å². The molecule has 0 atom stereocenters. The van der Waals surface area contributed by atoms with E-state index in [1.54, 1.807) is 6.07 Å². The Balaban J connectivity index is 0.00000144. The topological polar surface area (TPSA) is 29.0 Å². The van der Waals surface area contributed by atoms with Gasteiger partial charge in [-0.15, -0.1) is 10.2 Å². The Hall–Kier alpha value is -0.140. The van der Waals surface area contributed by atoms with E-state index < -0.39 is 0 Å². The molecule has 0 N–H and O–H groups in total. The SMILES string of the molecule is C[N+]1(C)CCCN(c2ccc(Cl)nn2)CC1.[I-]. The van der Waals surface area contributed by atoms with Gasteiger partial charge >= 0.3 is 0 Å². The molecule has 1 aliphatic rings. The average molecular weight is 369 g/mol. The molecule has 1 aliphatic heterocycles. The van der Waals surface area contributed by atoms with E-state index in [-0.39, 0.29) is 24.0 Å². The maximum Gasteiger partial charge on any atom is 0.151 e. The van der Waals surface area contributed by atoms with Crippen molar-refractivity contribution < 1.29 is 28.5 Å². The van der Waals surface area contributed by atoms with E-state index in [2.05, 4.69) is 29.2 Å². The van der Waals surface area contributed by atoms with Crippen LogP contribution in [0.4, 0.5) is 5.82 Å². The van der Waals surface area contributed by atoms with E-state index in [1.165, 1.54) is 13.0 Å². The minimum absolute atomic E-state index is 0. The first-order chi connectivity index (χ1) is 7.57. The Labute approximate surface area is 125 Å². The predicted octanol–water partition coefficient (Wildman–Crippen LogP) is -1.58. The monoisotopic (exact) mass is 368 g/mol. The first-order valence-electron chi connectivity index (χ1n) is 5.63. The number of hydrogen-bond donors (Lipinski definition) is 0. The molecule has 0 bridgehead atoms. The van der Waals surface area contributed by atoms with Crippen LogP contribution in [0.5, 0.6) is 0 Å². The molecule has 17 heavy (non-hydrogen) atoms. The van der Waals surface area contributed by atoms with Crippen LogP contribution >= 0.6 is 11.6 Å². The zero-order valence-corrected chi connectivity index (χ0v) is 13.1. The summed E-state index contributed by atoms with van der Waals surface area (Å²) in [6.45, 7) is 4.45. The molecule has 1 saturated heterocycles. The molecule has 1 fully saturated rings. The van der Waals surface area contributed by atoms with Crippen molar-refractivity contribution in [3.05, 3.63) is 17.3 Å². The molecule has 0 amide bonds. The molecular formula is C11H18ClIN4. The molecule has 2 rings (SSSR count). The number of likely N-dealkylation sites (N-methyl/N-ethyl adjacent to an activating group) is 1. The molecule has 0 aromatic carbocycles. The first kappa shape index (κ1) is 14.9. The minimum atomic E-state index is 0. The summed E-state index contributed by atoms with van der Waals surface area (Å²) >= 11 is 5.73. The zero-order chi connectivity index (χ0) is 11.6. The second kappa shape index (κ2) is 6.15. The Bertz CT molecular complexity index is 355. The fraction of sp³-hybridized carbons (Fsp3) is 0.636. The smallest absolute Gasteiger partial charge is 0.151 e. The van der Waals surface area contributed by atoms with Gasteiger partial charge in [-0.1, -0.05) is 11.6 Å². The summed E-state index contributed by atoms with van der Waals surface area (Å²) in [4.78, 5) is 2.29. The van der Waals surface area contributed by atoms with Gasteiger partial charge in [-0.25, -0.2) is 0 Å². The van der Waals surface area contributed by atoms with Crippen LogP contribution in [0.2, 0.25) is 5.15 Å². The molecule has 0 unspecified atom stereocenters. The van der Waals surface area contributed by atoms with Crippen molar-refractivity contribution in [3.8, 4) is 0 Å². The number of rotatable bonds is 1. The normalized spacial score (nSPS) is 19.4. The summed E-state index contributed by atoms with van der Waals surface area (Å²) < 4.78 is 1.08. The Morgan fingerprint density at radius 1 is 1.18 bits per heavy atom. The quantitative estimate of drug-likeness (QED) is 0.443. The molecule has 0 aliphatic carbocycles. The summed E-state index contributed by atoms with van der Waals surface area (Å²) in [5, 5.41) is 8.47. The van der Waals surface area contributed by atoms with Gasteiger partial charge in [0.15, 0.2) is 11.0 Å². The highest BCUT2D eigenvalue weighted by Crippen LogP contribution is 2.15. The van der Waals surface area contributed by atoms with Crippen LogP contribution in [0.15, 0.2) is 12.1 Å². The van der Waals surface area contributed by atoms with Crippen molar-refractivity contribution in [2.75, 3.05) is 45.2 Å². The third kappa shape index (κ3) is 4.22. The lowest BCUT2D eigenvalue weighted by atomic mass is 10.3. The van der Waals surface area contributed by atoms with Crippen molar-refractivity contribution in [1.29, 1.82) is 0 Å². The van der Waals surface area contributed by atoms with Crippen molar-refractivity contribution in [1.82, 2.24) is 10.2 Å². The zero-order valence-electron chi connectivity index (χ0n) is 10.2. The Kier molecular flexibility index (Phi) is 5.40. The molecule has 0 saturated carbocycles. The summed E-state index contributed by atoms with van der Waals surface area (Å²) in [6, 6.07) is 3.75. The Morgan fingerprint density at radius 3 is 2.59 bits per heavy atom. The molecule has 6 heteroatoms. The van der Waals surface area contributed by atoms with Gasteiger partial charge in [-0.3, -0.25) is 0 Å². The molecule has 1 aromatic heterocycles. The van der Waals surface area contributed by atoms with Crippen molar-refractivity contribution >= 4 is 17.4 Å². The highest BCUT2D eigenvalue weighted by Gasteiger charge is 2.22. The van der Waals surface area contributed by atoms with Crippen LogP contribution in [0.3, 0.4) is 0 Å². The van der Waals surface area contributed by atoms with Gasteiger partial charge in [0, 0.05) is 13.0 Å². The molecule has 4 nitrogen and oxygen atoms in total. The minimum Gasteiger partial charge on any atom is -1.00 e. The molecular weight excluding hydrogens is 351 g/mol. The fourth-order valence-corrected chi connectivity index (χ4v) is 2.11. The first-order valence-corrected chi connectivity index (χ1v) is 6.01. The highest BCUT2D eigenvalue weighted by molar-refractivity contribution is 6.29. The average Bonchev–Trinajstić information content (AvgIpc) is 2.41. The molecule has 0 radical (unpaired) electrons. The lowest BCUT2D eigenvalue weighted by Gasteiger charge is -2.28. The molecule has 0 spiro atoms. The van der Waals surface area contributed by atoms with Gasteiger partial charge in [-0.05, 0) is 12.1 Å². The van der Waals surface area contributed by atoms with E-state index >= 15 is 0 Å². The third-order valence-electron chi connectivity index (χ3n) is 3.11. The second-order valence-electron chi connectivity index (χ2n) is 4.94. The standard InChI is InChI=1S/C11H18ClN4.HI/c1-16(2)8-3-6-15(7-9-16)11-5-4-10(12)13-14-11;/h4-5H,3,6-9H2,1-2H3;1H/q+1;/p-1. The number of nitrogens with zero attached hydrogens (tertiary/aromatic N) is 4. The largest absolute Gasteiger partial charge is 1.00 e. The summed E-state index contributed by atoms with van der Waals surface area (Å²) in [5.41, 5.74) is 0. The maximum absolute atomic E-state index is 5.73. The fourth-order valence-electron chi connectivity index (χ4n) is 2.01. The number of hydrogen-bond acceptors (Lipinski definition) is 3. The summed E-state index contributed by atoms with van der Waals surface area (Å²) in [6.07, 6.45) is 1.19. The van der Waals surface area contributed by atoms with Crippen LogP contribution in [-0.2, 0) is 0 Å². The van der Waals surface area contributed by atoms with Crippen molar-refractivity contribution in [2.24, 2.45) is 0 Å². The Morgan fingerprint density at radius 2 is 1.94 bits per heavy atom. The third-order valence-corrected chi connectivity index (χ3v) is 3.31. The number of halogens is 2. The lowest BCUT2D eigenvalue weighted by molar-refractivity contribution is -0.887. The van der Waals surface area contributed by atoms with E-state index in [0.717, 1.165) is 29.9 Å². The summed E-state index contributed by atoms with van der Waals surface area (Å²) in [7, 11) is 4.55. The van der Waals surface area contributed by atoms with Gasteiger partial charge in [0.1, 0.15) is 0 Å². The number of anilines is 1. The summed E-state index contributed by atoms with van der Waals surface area (Å²) in [5.74, 6) is 0.936. The van der Waals surface area contributed by atoms with E-state index in [1.807, 2.05) is 6.07 Å². The van der Waals surface area contributed by atoms with Crippen LogP contribution in [0.1, 0.15) is 6.42 Å². The molecule has 2 heterocycles. The van der Waals surface area contributed by atoms with Crippen molar-refractivity contribution in [2.45, 2.75) is 6.42 Å². The van der Waals surface area contributed by atoms with Crippen molar-refractivity contribution in [3.63, 3.8) is 0 Å². The second-order valence-corrected chi connectivity index (χ2v) is 5.33. The van der Waals surface area contributed by atoms with E-state index in [0.29, 0.717) is 5.15 Å². The van der Waals surface area contributed by atoms with E-state index in [9.17, 15) is 0 Å². The van der Waals surface area contributed by atoms with Crippen LogP contribution in [0, 0.1) is 0 Å². The lowest BCUT2D eigenvalue weighted by Crippen LogP contribution is -3.00. The maximum atomic E-state index is 5.73. The van der Waals surface area contributed by atoms with E-state index in [4.69, 9.17) is 11.6 Å². The van der Waals surface area contributed by atoms with Crippen LogP contribution < -0.4 is 28.9 Å². The predicted molar refractivity (Wildman–Crippen MR) is 65.7 cm³/mol. The highest BCUT2D eigenvalue weighted by atomic mass is 127. The number of quaternary nitrogens is 1. The number of aromatic nitrogens is 2.